The van der Waals surface area contributed by atoms with E-state index < -0.39 is 0 Å². The van der Waals surface area contributed by atoms with Gasteiger partial charge in [0.05, 0.1) is 17.5 Å². The molecule has 2 aromatic heterocycles. The maximum absolute atomic E-state index is 11.1. The van der Waals surface area contributed by atoms with Gasteiger partial charge in [0.25, 0.3) is 5.69 Å². The van der Waals surface area contributed by atoms with E-state index in [9.17, 15) is 10.1 Å². The van der Waals surface area contributed by atoms with Crippen LogP contribution in [0.15, 0.2) is 48.5 Å². The van der Waals surface area contributed by atoms with E-state index in [1.54, 1.807) is 19.2 Å². The van der Waals surface area contributed by atoms with E-state index in [1.807, 2.05) is 41.7 Å². The monoisotopic (exact) mass is 334 g/mol. The highest BCUT2D eigenvalue weighted by molar-refractivity contribution is 5.88. The van der Waals surface area contributed by atoms with Gasteiger partial charge in [0.2, 0.25) is 0 Å². The Bertz CT molecular complexity index is 1120. The van der Waals surface area contributed by atoms with Crippen molar-refractivity contribution in [2.75, 3.05) is 7.11 Å². The van der Waals surface area contributed by atoms with Gasteiger partial charge in [0, 0.05) is 23.1 Å². The van der Waals surface area contributed by atoms with Gasteiger partial charge in [-0.15, -0.1) is 10.2 Å². The minimum atomic E-state index is -0.389. The van der Waals surface area contributed by atoms with Crippen molar-refractivity contribution in [1.29, 1.82) is 0 Å². The van der Waals surface area contributed by atoms with Gasteiger partial charge < -0.3 is 4.74 Å². The molecule has 4 rings (SSSR count). The van der Waals surface area contributed by atoms with Crippen LogP contribution in [0.2, 0.25) is 0 Å². The molecule has 0 aliphatic heterocycles. The van der Waals surface area contributed by atoms with Crippen LogP contribution in [0.25, 0.3) is 27.9 Å². The van der Waals surface area contributed by atoms with Gasteiger partial charge in [-0.25, -0.2) is 0 Å². The third-order valence-electron chi connectivity index (χ3n) is 4.24. The van der Waals surface area contributed by atoms with Crippen LogP contribution in [0.5, 0.6) is 5.75 Å². The summed E-state index contributed by atoms with van der Waals surface area (Å²) in [7, 11) is 1.62. The van der Waals surface area contributed by atoms with E-state index in [0.29, 0.717) is 11.5 Å². The van der Waals surface area contributed by atoms with Crippen molar-refractivity contribution in [3.63, 3.8) is 0 Å². The fourth-order valence-corrected chi connectivity index (χ4v) is 2.97. The van der Waals surface area contributed by atoms with Crippen LogP contribution in [0.3, 0.4) is 0 Å². The number of aryl methyl sites for hydroxylation is 1. The highest BCUT2D eigenvalue weighted by atomic mass is 16.6. The summed E-state index contributed by atoms with van der Waals surface area (Å²) in [6.45, 7) is 1.91. The quantitative estimate of drug-likeness (QED) is 0.421. The van der Waals surface area contributed by atoms with Gasteiger partial charge in [-0.1, -0.05) is 0 Å². The third-order valence-corrected chi connectivity index (χ3v) is 4.24. The molecule has 25 heavy (non-hydrogen) atoms. The molecule has 2 heterocycles. The number of nitrogens with zero attached hydrogens (tertiary/aromatic N) is 4. The molecule has 0 radical (unpaired) electrons. The molecule has 124 valence electrons. The summed E-state index contributed by atoms with van der Waals surface area (Å²) < 4.78 is 7.10. The lowest BCUT2D eigenvalue weighted by Gasteiger charge is -2.08. The Kier molecular flexibility index (Phi) is 3.35. The SMILES string of the molecule is COc1ccc(-c2nnc3cc(C)c4cc([N+](=O)[O-])ccc4n23)cc1. The largest absolute Gasteiger partial charge is 0.497 e. The summed E-state index contributed by atoms with van der Waals surface area (Å²) in [4.78, 5) is 10.7. The third kappa shape index (κ3) is 2.37. The molecule has 0 spiro atoms. The van der Waals surface area contributed by atoms with E-state index in [1.165, 1.54) is 6.07 Å². The fourth-order valence-electron chi connectivity index (χ4n) is 2.97. The Labute approximate surface area is 142 Å². The lowest BCUT2D eigenvalue weighted by Crippen LogP contribution is -1.96. The lowest BCUT2D eigenvalue weighted by molar-refractivity contribution is -0.384. The van der Waals surface area contributed by atoms with Crippen LogP contribution < -0.4 is 4.74 Å². The van der Waals surface area contributed by atoms with Crippen molar-refractivity contribution in [3.05, 3.63) is 64.2 Å². The Morgan fingerprint density at radius 2 is 1.84 bits per heavy atom. The minimum absolute atomic E-state index is 0.0639. The van der Waals surface area contributed by atoms with Gasteiger partial charge in [0.1, 0.15) is 5.75 Å². The molecule has 0 saturated carbocycles. The average molecular weight is 334 g/mol. The number of nitro benzene ring substituents is 1. The topological polar surface area (TPSA) is 82.6 Å². The summed E-state index contributed by atoms with van der Waals surface area (Å²) in [5, 5.41) is 20.4. The highest BCUT2D eigenvalue weighted by Gasteiger charge is 2.15. The number of aromatic nitrogens is 3. The lowest BCUT2D eigenvalue weighted by atomic mass is 10.1. The van der Waals surface area contributed by atoms with E-state index in [0.717, 1.165) is 27.8 Å². The number of fused-ring (bicyclic) bond motifs is 3. The van der Waals surface area contributed by atoms with Crippen molar-refractivity contribution >= 4 is 22.2 Å². The van der Waals surface area contributed by atoms with Gasteiger partial charge >= 0.3 is 0 Å². The van der Waals surface area contributed by atoms with E-state index in [2.05, 4.69) is 10.2 Å². The predicted octanol–water partition coefficient (Wildman–Crippen LogP) is 3.77. The standard InChI is InChI=1S/C18H14N4O3/c1-11-9-17-19-20-18(12-3-6-14(25-2)7-4-12)21(17)16-8-5-13(22(23)24)10-15(11)16/h3-10H,1-2H3. The van der Waals surface area contributed by atoms with E-state index >= 15 is 0 Å². The molecule has 2 aromatic carbocycles. The van der Waals surface area contributed by atoms with Crippen molar-refractivity contribution in [2.24, 2.45) is 0 Å². The molecule has 0 N–H and O–H groups in total. The molecule has 0 fully saturated rings. The molecule has 7 nitrogen and oxygen atoms in total. The number of rotatable bonds is 3. The van der Waals surface area contributed by atoms with Gasteiger partial charge in [-0.2, -0.15) is 0 Å². The van der Waals surface area contributed by atoms with Crippen LogP contribution in [-0.2, 0) is 0 Å². The van der Waals surface area contributed by atoms with Gasteiger partial charge in [-0.05, 0) is 48.9 Å². The van der Waals surface area contributed by atoms with Crippen LogP contribution in [0.1, 0.15) is 5.56 Å². The zero-order chi connectivity index (χ0) is 17.6. The number of nitro groups is 1. The zero-order valence-corrected chi connectivity index (χ0v) is 13.6. The molecular formula is C18H14N4O3. The first-order valence-corrected chi connectivity index (χ1v) is 7.66. The molecule has 0 amide bonds. The first kappa shape index (κ1) is 15.1. The maximum Gasteiger partial charge on any atom is 0.270 e. The molecule has 4 aromatic rings. The summed E-state index contributed by atoms with van der Waals surface area (Å²) in [6.07, 6.45) is 0. The van der Waals surface area contributed by atoms with Crippen molar-refractivity contribution in [1.82, 2.24) is 14.6 Å². The highest BCUT2D eigenvalue weighted by Crippen LogP contribution is 2.29. The molecule has 7 heteroatoms. The molecule has 0 aliphatic carbocycles. The van der Waals surface area contributed by atoms with Crippen molar-refractivity contribution in [2.45, 2.75) is 6.92 Å². The minimum Gasteiger partial charge on any atom is -0.497 e. The molecule has 0 aliphatic rings. The Hall–Kier alpha value is -3.48. The Morgan fingerprint density at radius 1 is 1.08 bits per heavy atom. The number of hydrogen-bond acceptors (Lipinski definition) is 5. The summed E-state index contributed by atoms with van der Waals surface area (Å²) in [6, 6.07) is 14.2. The number of non-ortho nitro benzene ring substituents is 1. The summed E-state index contributed by atoms with van der Waals surface area (Å²) in [5.41, 5.74) is 3.40. The number of ether oxygens (including phenoxy) is 1. The van der Waals surface area contributed by atoms with E-state index in [4.69, 9.17) is 4.74 Å². The fraction of sp³-hybridized carbons (Fsp3) is 0.111. The molecule has 0 saturated heterocycles. The van der Waals surface area contributed by atoms with Gasteiger partial charge in [0.15, 0.2) is 11.5 Å². The summed E-state index contributed by atoms with van der Waals surface area (Å²) in [5.74, 6) is 1.44. The normalized spacial score (nSPS) is 11.1. The smallest absolute Gasteiger partial charge is 0.270 e. The number of hydrogen-bond donors (Lipinski definition) is 0. The van der Waals surface area contributed by atoms with Crippen LogP contribution in [0, 0.1) is 17.0 Å². The van der Waals surface area contributed by atoms with Crippen LogP contribution >= 0.6 is 0 Å². The number of benzene rings is 2. The maximum atomic E-state index is 11.1. The molecule has 0 atom stereocenters. The van der Waals surface area contributed by atoms with Gasteiger partial charge in [-0.3, -0.25) is 14.5 Å². The summed E-state index contributed by atoms with van der Waals surface area (Å²) >= 11 is 0. The second-order valence-corrected chi connectivity index (χ2v) is 5.73. The molecular weight excluding hydrogens is 320 g/mol. The van der Waals surface area contributed by atoms with E-state index in [-0.39, 0.29) is 10.6 Å². The zero-order valence-electron chi connectivity index (χ0n) is 13.6. The first-order chi connectivity index (χ1) is 12.1. The van der Waals surface area contributed by atoms with Crippen molar-refractivity contribution < 1.29 is 9.66 Å². The van der Waals surface area contributed by atoms with Crippen LogP contribution in [0.4, 0.5) is 5.69 Å². The van der Waals surface area contributed by atoms with Crippen LogP contribution in [-0.4, -0.2) is 26.6 Å². The van der Waals surface area contributed by atoms with Crippen molar-refractivity contribution in [3.8, 4) is 17.1 Å². The number of pyridine rings is 1. The second kappa shape index (κ2) is 5.55. The molecule has 0 unspecified atom stereocenters. The Balaban J connectivity index is 2.01. The second-order valence-electron chi connectivity index (χ2n) is 5.73. The predicted molar refractivity (Wildman–Crippen MR) is 93.9 cm³/mol. The average Bonchev–Trinajstić information content (AvgIpc) is 3.05. The first-order valence-electron chi connectivity index (χ1n) is 7.66. The Morgan fingerprint density at radius 3 is 2.52 bits per heavy atom. The number of methoxy groups -OCH3 is 1. The molecule has 0 bridgehead atoms.